The van der Waals surface area contributed by atoms with E-state index in [1.807, 2.05) is 6.07 Å². The van der Waals surface area contributed by atoms with Gasteiger partial charge < -0.3 is 10.5 Å². The smallest absolute Gasteiger partial charge is 0.255 e. The second-order valence-electron chi connectivity index (χ2n) is 4.47. The normalized spacial score (nSPS) is 10.8. The molecule has 0 radical (unpaired) electrons. The van der Waals surface area contributed by atoms with Crippen molar-refractivity contribution >= 4 is 29.2 Å². The van der Waals surface area contributed by atoms with Gasteiger partial charge in [0, 0.05) is 10.6 Å². The quantitative estimate of drug-likeness (QED) is 0.680. The molecule has 0 heterocycles. The number of allylic oxidation sites excluding steroid dienone is 1. The zero-order valence-electron chi connectivity index (χ0n) is 11.6. The summed E-state index contributed by atoms with van der Waals surface area (Å²) in [7, 11) is 0. The maximum absolute atomic E-state index is 10.8. The molecule has 0 saturated carbocycles. The standard InChI is InChI=1S/C17H13ClN2O2/c18-15-7-5-12(6-8-15)14(10-19)9-13-3-1-2-4-16(13)22-11-17(20)21/h1-9H,11H2,(H2,20,21)/b14-9+. The number of halogens is 1. The summed E-state index contributed by atoms with van der Waals surface area (Å²) in [6.07, 6.45) is 1.69. The van der Waals surface area contributed by atoms with Crippen molar-refractivity contribution in [1.29, 1.82) is 5.26 Å². The Morgan fingerprint density at radius 3 is 2.55 bits per heavy atom. The molecule has 5 heteroatoms. The summed E-state index contributed by atoms with van der Waals surface area (Å²) in [5, 5.41) is 9.96. The first-order chi connectivity index (χ1) is 10.6. The molecule has 1 amide bonds. The number of primary amides is 1. The summed E-state index contributed by atoms with van der Waals surface area (Å²) in [4.78, 5) is 10.8. The fraction of sp³-hybridized carbons (Fsp3) is 0.0588. The molecule has 0 atom stereocenters. The fourth-order valence-electron chi connectivity index (χ4n) is 1.85. The van der Waals surface area contributed by atoms with Crippen molar-refractivity contribution in [2.45, 2.75) is 0 Å². The molecule has 2 rings (SSSR count). The number of para-hydroxylation sites is 1. The van der Waals surface area contributed by atoms with Gasteiger partial charge in [-0.3, -0.25) is 4.79 Å². The predicted octanol–water partition coefficient (Wildman–Crippen LogP) is 3.27. The Bertz CT molecular complexity index is 746. The number of hydrogen-bond donors (Lipinski definition) is 1. The Kier molecular flexibility index (Phi) is 5.18. The summed E-state index contributed by atoms with van der Waals surface area (Å²) in [6, 6.07) is 16.2. The lowest BCUT2D eigenvalue weighted by molar-refractivity contribution is -0.119. The average molecular weight is 313 g/mol. The number of benzene rings is 2. The number of carbonyl (C=O) groups is 1. The third-order valence-corrected chi connectivity index (χ3v) is 3.12. The van der Waals surface area contributed by atoms with Crippen LogP contribution in [0, 0.1) is 11.3 Å². The topological polar surface area (TPSA) is 76.1 Å². The van der Waals surface area contributed by atoms with E-state index in [0.717, 1.165) is 5.56 Å². The molecule has 4 nitrogen and oxygen atoms in total. The Labute approximate surface area is 133 Å². The number of nitrogens with two attached hydrogens (primary N) is 1. The highest BCUT2D eigenvalue weighted by molar-refractivity contribution is 6.30. The van der Waals surface area contributed by atoms with Gasteiger partial charge in [-0.1, -0.05) is 41.9 Å². The van der Waals surface area contributed by atoms with Crippen LogP contribution in [0.15, 0.2) is 48.5 Å². The molecule has 0 bridgehead atoms. The SMILES string of the molecule is N#C/C(=C\c1ccccc1OCC(N)=O)c1ccc(Cl)cc1. The van der Waals surface area contributed by atoms with Crippen LogP contribution in [0.1, 0.15) is 11.1 Å². The predicted molar refractivity (Wildman–Crippen MR) is 86.1 cm³/mol. The molecule has 0 saturated heterocycles. The first kappa shape index (κ1) is 15.6. The highest BCUT2D eigenvalue weighted by atomic mass is 35.5. The summed E-state index contributed by atoms with van der Waals surface area (Å²) in [5.74, 6) is -0.0694. The molecular weight excluding hydrogens is 300 g/mol. The molecule has 0 aromatic heterocycles. The van der Waals surface area contributed by atoms with E-state index in [4.69, 9.17) is 22.1 Å². The summed E-state index contributed by atoms with van der Waals surface area (Å²) >= 11 is 5.85. The van der Waals surface area contributed by atoms with Crippen molar-refractivity contribution in [3.8, 4) is 11.8 Å². The van der Waals surface area contributed by atoms with Gasteiger partial charge in [0.15, 0.2) is 6.61 Å². The zero-order chi connectivity index (χ0) is 15.9. The lowest BCUT2D eigenvalue weighted by atomic mass is 10.0. The third kappa shape index (κ3) is 4.11. The summed E-state index contributed by atoms with van der Waals surface area (Å²) in [5.41, 5.74) is 6.98. The van der Waals surface area contributed by atoms with Crippen LogP contribution in [0.2, 0.25) is 5.02 Å². The van der Waals surface area contributed by atoms with Crippen LogP contribution in [0.4, 0.5) is 0 Å². The number of carbonyl (C=O) groups excluding carboxylic acids is 1. The van der Waals surface area contributed by atoms with Crippen molar-refractivity contribution in [2.75, 3.05) is 6.61 Å². The van der Waals surface area contributed by atoms with E-state index < -0.39 is 5.91 Å². The molecule has 0 spiro atoms. The summed E-state index contributed by atoms with van der Waals surface area (Å²) < 4.78 is 5.35. The van der Waals surface area contributed by atoms with Crippen LogP contribution < -0.4 is 10.5 Å². The van der Waals surface area contributed by atoms with Crippen molar-refractivity contribution < 1.29 is 9.53 Å². The van der Waals surface area contributed by atoms with Gasteiger partial charge in [0.05, 0.1) is 11.6 Å². The van der Waals surface area contributed by atoms with E-state index in [1.54, 1.807) is 48.5 Å². The van der Waals surface area contributed by atoms with Gasteiger partial charge >= 0.3 is 0 Å². The van der Waals surface area contributed by atoms with Gasteiger partial charge in [-0.25, -0.2) is 0 Å². The van der Waals surface area contributed by atoms with Crippen LogP contribution in [-0.4, -0.2) is 12.5 Å². The molecule has 2 aromatic rings. The van der Waals surface area contributed by atoms with Crippen molar-refractivity contribution in [1.82, 2.24) is 0 Å². The van der Waals surface area contributed by atoms with E-state index in [1.165, 1.54) is 0 Å². The minimum Gasteiger partial charge on any atom is -0.483 e. The number of ether oxygens (including phenoxy) is 1. The molecule has 2 aromatic carbocycles. The maximum atomic E-state index is 10.8. The molecule has 0 aliphatic heterocycles. The summed E-state index contributed by atoms with van der Waals surface area (Å²) in [6.45, 7) is -0.215. The molecule has 0 unspecified atom stereocenters. The Morgan fingerprint density at radius 1 is 1.23 bits per heavy atom. The van der Waals surface area contributed by atoms with Crippen LogP contribution >= 0.6 is 11.6 Å². The molecule has 110 valence electrons. The highest BCUT2D eigenvalue weighted by Gasteiger charge is 2.06. The molecule has 0 aliphatic rings. The Balaban J connectivity index is 2.36. The van der Waals surface area contributed by atoms with E-state index >= 15 is 0 Å². The largest absolute Gasteiger partial charge is 0.483 e. The van der Waals surface area contributed by atoms with E-state index in [-0.39, 0.29) is 6.61 Å². The van der Waals surface area contributed by atoms with Gasteiger partial charge in [0.25, 0.3) is 5.91 Å². The van der Waals surface area contributed by atoms with Gasteiger partial charge in [0.1, 0.15) is 5.75 Å². The fourth-order valence-corrected chi connectivity index (χ4v) is 1.97. The van der Waals surface area contributed by atoms with Gasteiger partial charge in [-0.2, -0.15) is 5.26 Å². The minimum atomic E-state index is -0.558. The van der Waals surface area contributed by atoms with E-state index in [0.29, 0.717) is 21.9 Å². The minimum absolute atomic E-state index is 0.215. The maximum Gasteiger partial charge on any atom is 0.255 e. The van der Waals surface area contributed by atoms with Crippen molar-refractivity contribution in [2.24, 2.45) is 5.73 Å². The monoisotopic (exact) mass is 312 g/mol. The lowest BCUT2D eigenvalue weighted by Gasteiger charge is -2.08. The molecule has 22 heavy (non-hydrogen) atoms. The molecule has 2 N–H and O–H groups in total. The zero-order valence-corrected chi connectivity index (χ0v) is 12.4. The van der Waals surface area contributed by atoms with E-state index in [9.17, 15) is 10.1 Å². The van der Waals surface area contributed by atoms with Gasteiger partial charge in [0.2, 0.25) is 0 Å². The van der Waals surface area contributed by atoms with Gasteiger partial charge in [-0.15, -0.1) is 0 Å². The number of rotatable bonds is 5. The Morgan fingerprint density at radius 2 is 1.91 bits per heavy atom. The molecular formula is C17H13ClN2O2. The van der Waals surface area contributed by atoms with Crippen molar-refractivity contribution in [3.05, 3.63) is 64.7 Å². The van der Waals surface area contributed by atoms with Gasteiger partial charge in [-0.05, 0) is 29.8 Å². The number of amides is 1. The third-order valence-electron chi connectivity index (χ3n) is 2.86. The highest BCUT2D eigenvalue weighted by Crippen LogP contribution is 2.25. The first-order valence-electron chi connectivity index (χ1n) is 6.48. The number of nitriles is 1. The van der Waals surface area contributed by atoms with Crippen LogP contribution in [0.25, 0.3) is 11.6 Å². The lowest BCUT2D eigenvalue weighted by Crippen LogP contribution is -2.20. The Hall–Kier alpha value is -2.77. The van der Waals surface area contributed by atoms with Crippen LogP contribution in [0.3, 0.4) is 0 Å². The van der Waals surface area contributed by atoms with Crippen LogP contribution in [-0.2, 0) is 4.79 Å². The average Bonchev–Trinajstić information content (AvgIpc) is 2.52. The van der Waals surface area contributed by atoms with Crippen molar-refractivity contribution in [3.63, 3.8) is 0 Å². The number of nitrogens with zero attached hydrogens (tertiary/aromatic N) is 1. The van der Waals surface area contributed by atoms with Crippen LogP contribution in [0.5, 0.6) is 5.75 Å². The molecule has 0 aliphatic carbocycles. The first-order valence-corrected chi connectivity index (χ1v) is 6.86. The second-order valence-corrected chi connectivity index (χ2v) is 4.91. The molecule has 0 fully saturated rings. The second kappa shape index (κ2) is 7.30. The number of hydrogen-bond acceptors (Lipinski definition) is 3. The van der Waals surface area contributed by atoms with E-state index in [2.05, 4.69) is 6.07 Å².